The van der Waals surface area contributed by atoms with Crippen molar-refractivity contribution < 1.29 is 4.52 Å². The molecule has 0 bridgehead atoms. The van der Waals surface area contributed by atoms with Gasteiger partial charge in [0.05, 0.1) is 6.54 Å². The molecule has 0 atom stereocenters. The topological polar surface area (TPSA) is 88.2 Å². The second-order valence-electron chi connectivity index (χ2n) is 4.14. The van der Waals surface area contributed by atoms with Crippen LogP contribution < -0.4 is 10.6 Å². The number of aromatic nitrogens is 3. The lowest BCUT2D eigenvalue weighted by Crippen LogP contribution is -2.36. The van der Waals surface area contributed by atoms with Gasteiger partial charge < -0.3 is 15.2 Å². The second kappa shape index (κ2) is 8.93. The first-order valence-electron chi connectivity index (χ1n) is 6.40. The van der Waals surface area contributed by atoms with Gasteiger partial charge in [-0.15, -0.1) is 35.3 Å². The highest BCUT2D eigenvalue weighted by Gasteiger charge is 2.04. The normalized spacial score (nSPS) is 11.1. The number of hydrogen-bond donors (Lipinski definition) is 2. The van der Waals surface area contributed by atoms with Crippen molar-refractivity contribution in [2.75, 3.05) is 6.54 Å². The Morgan fingerprint density at radius 2 is 2.19 bits per heavy atom. The van der Waals surface area contributed by atoms with Crippen molar-refractivity contribution in [1.29, 1.82) is 0 Å². The zero-order valence-corrected chi connectivity index (χ0v) is 15.4. The predicted molar refractivity (Wildman–Crippen MR) is 93.0 cm³/mol. The van der Waals surface area contributed by atoms with Crippen molar-refractivity contribution in [1.82, 2.24) is 25.8 Å². The van der Waals surface area contributed by atoms with Crippen LogP contribution in [0.25, 0.3) is 0 Å². The van der Waals surface area contributed by atoms with Crippen LogP contribution in [0.15, 0.2) is 15.7 Å². The van der Waals surface area contributed by atoms with E-state index >= 15 is 0 Å². The van der Waals surface area contributed by atoms with Crippen molar-refractivity contribution in [3.05, 3.63) is 27.8 Å². The van der Waals surface area contributed by atoms with Crippen molar-refractivity contribution in [3.8, 4) is 0 Å². The van der Waals surface area contributed by atoms with Crippen LogP contribution in [-0.4, -0.2) is 27.6 Å². The van der Waals surface area contributed by atoms with E-state index in [1.807, 2.05) is 20.0 Å². The molecule has 2 heterocycles. The van der Waals surface area contributed by atoms with Gasteiger partial charge in [0, 0.05) is 24.5 Å². The Morgan fingerprint density at radius 3 is 2.76 bits per heavy atom. The van der Waals surface area contributed by atoms with Crippen LogP contribution in [0.5, 0.6) is 0 Å². The van der Waals surface area contributed by atoms with Gasteiger partial charge in [-0.05, 0) is 13.8 Å². The molecule has 2 aromatic heterocycles. The third-order valence-corrected chi connectivity index (χ3v) is 3.28. The van der Waals surface area contributed by atoms with Crippen molar-refractivity contribution in [3.63, 3.8) is 0 Å². The summed E-state index contributed by atoms with van der Waals surface area (Å²) in [4.78, 5) is 14.0. The Hall–Kier alpha value is -1.23. The Morgan fingerprint density at radius 1 is 1.38 bits per heavy atom. The summed E-state index contributed by atoms with van der Waals surface area (Å²) in [6, 6.07) is 0. The molecule has 0 amide bonds. The largest absolute Gasteiger partial charge is 0.357 e. The lowest BCUT2D eigenvalue weighted by Gasteiger charge is -2.09. The second-order valence-corrected chi connectivity index (χ2v) is 5.46. The standard InChI is InChI=1S/C12H18N6OS.HI/c1-4-13-12(15-6-10-17-9(3)19-18-10)16-7-11-14-5-8(2)20-11;/h5H,4,6-7H2,1-3H3,(H2,13,15,16);1H. The monoisotopic (exact) mass is 422 g/mol. The summed E-state index contributed by atoms with van der Waals surface area (Å²) in [6.07, 6.45) is 1.87. The zero-order valence-electron chi connectivity index (χ0n) is 12.2. The Labute approximate surface area is 144 Å². The maximum atomic E-state index is 4.91. The molecule has 0 unspecified atom stereocenters. The molecule has 0 spiro atoms. The third-order valence-electron chi connectivity index (χ3n) is 2.37. The summed E-state index contributed by atoms with van der Waals surface area (Å²) in [7, 11) is 0. The quantitative estimate of drug-likeness (QED) is 0.436. The van der Waals surface area contributed by atoms with Crippen LogP contribution >= 0.6 is 35.3 Å². The number of hydrogen-bond acceptors (Lipinski definition) is 6. The van der Waals surface area contributed by atoms with E-state index in [0.29, 0.717) is 30.8 Å². The molecule has 0 saturated carbocycles. The maximum absolute atomic E-state index is 4.91. The molecule has 0 saturated heterocycles. The third kappa shape index (κ3) is 5.96. The first-order chi connectivity index (χ1) is 9.67. The first kappa shape index (κ1) is 17.8. The highest BCUT2D eigenvalue weighted by atomic mass is 127. The van der Waals surface area contributed by atoms with Gasteiger partial charge in [-0.1, -0.05) is 5.16 Å². The number of halogens is 1. The highest BCUT2D eigenvalue weighted by Crippen LogP contribution is 2.10. The van der Waals surface area contributed by atoms with Gasteiger partial charge in [0.15, 0.2) is 11.8 Å². The van der Waals surface area contributed by atoms with E-state index in [1.54, 1.807) is 18.3 Å². The van der Waals surface area contributed by atoms with Gasteiger partial charge in [-0.3, -0.25) is 0 Å². The molecule has 2 rings (SSSR count). The number of nitrogens with one attached hydrogen (secondary N) is 2. The number of nitrogens with zero attached hydrogens (tertiary/aromatic N) is 4. The number of rotatable bonds is 5. The first-order valence-corrected chi connectivity index (χ1v) is 7.21. The molecule has 0 aromatic carbocycles. The van der Waals surface area contributed by atoms with Crippen LogP contribution in [-0.2, 0) is 13.1 Å². The van der Waals surface area contributed by atoms with Crippen LogP contribution in [0.3, 0.4) is 0 Å². The van der Waals surface area contributed by atoms with Gasteiger partial charge in [-0.25, -0.2) is 9.98 Å². The van der Waals surface area contributed by atoms with E-state index in [2.05, 4.69) is 30.8 Å². The molecular weight excluding hydrogens is 403 g/mol. The van der Waals surface area contributed by atoms with E-state index in [1.165, 1.54) is 4.88 Å². The number of aryl methyl sites for hydroxylation is 2. The summed E-state index contributed by atoms with van der Waals surface area (Å²) in [5.74, 6) is 1.83. The van der Waals surface area contributed by atoms with Gasteiger partial charge in [0.25, 0.3) is 0 Å². The number of guanidine groups is 1. The molecule has 116 valence electrons. The molecule has 0 fully saturated rings. The minimum absolute atomic E-state index is 0. The molecule has 9 heteroatoms. The lowest BCUT2D eigenvalue weighted by atomic mass is 10.6. The Kier molecular flexibility index (Phi) is 7.57. The molecule has 2 aromatic rings. The van der Waals surface area contributed by atoms with E-state index < -0.39 is 0 Å². The van der Waals surface area contributed by atoms with Crippen molar-refractivity contribution in [2.24, 2.45) is 4.99 Å². The Balaban J connectivity index is 0.00000220. The van der Waals surface area contributed by atoms with Gasteiger partial charge >= 0.3 is 0 Å². The smallest absolute Gasteiger partial charge is 0.223 e. The van der Waals surface area contributed by atoms with E-state index in [4.69, 9.17) is 4.52 Å². The number of thiazole rings is 1. The van der Waals surface area contributed by atoms with Gasteiger partial charge in [0.2, 0.25) is 5.89 Å². The summed E-state index contributed by atoms with van der Waals surface area (Å²) in [5.41, 5.74) is 0. The fourth-order valence-corrected chi connectivity index (χ4v) is 2.27. The minimum atomic E-state index is 0. The molecule has 0 aliphatic rings. The fourth-order valence-electron chi connectivity index (χ4n) is 1.54. The maximum Gasteiger partial charge on any atom is 0.223 e. The molecule has 21 heavy (non-hydrogen) atoms. The SMILES string of the molecule is CCNC(=NCc1noc(C)n1)NCc1ncc(C)s1.I. The lowest BCUT2D eigenvalue weighted by molar-refractivity contribution is 0.387. The fraction of sp³-hybridized carbons (Fsp3) is 0.500. The molecule has 0 aliphatic heterocycles. The zero-order chi connectivity index (χ0) is 14.4. The molecular formula is C12H19IN6OS. The van der Waals surface area contributed by atoms with Gasteiger partial charge in [0.1, 0.15) is 11.6 Å². The predicted octanol–water partition coefficient (Wildman–Crippen LogP) is 2.02. The summed E-state index contributed by atoms with van der Waals surface area (Å²) in [6.45, 7) is 7.63. The van der Waals surface area contributed by atoms with Crippen LogP contribution in [0, 0.1) is 13.8 Å². The van der Waals surface area contributed by atoms with Crippen molar-refractivity contribution in [2.45, 2.75) is 33.9 Å². The van der Waals surface area contributed by atoms with Crippen LogP contribution in [0.2, 0.25) is 0 Å². The number of aliphatic imine (C=N–C) groups is 1. The van der Waals surface area contributed by atoms with Gasteiger partial charge in [-0.2, -0.15) is 4.98 Å². The van der Waals surface area contributed by atoms with E-state index in [-0.39, 0.29) is 24.0 Å². The average molecular weight is 422 g/mol. The van der Waals surface area contributed by atoms with E-state index in [9.17, 15) is 0 Å². The van der Waals surface area contributed by atoms with Crippen LogP contribution in [0.1, 0.15) is 28.5 Å². The molecule has 0 aliphatic carbocycles. The average Bonchev–Trinajstić information content (AvgIpc) is 3.02. The van der Waals surface area contributed by atoms with E-state index in [0.717, 1.165) is 11.6 Å². The summed E-state index contributed by atoms with van der Waals surface area (Å²) < 4.78 is 4.91. The molecule has 2 N–H and O–H groups in total. The molecule has 0 radical (unpaired) electrons. The highest BCUT2D eigenvalue weighted by molar-refractivity contribution is 14.0. The summed E-state index contributed by atoms with van der Waals surface area (Å²) >= 11 is 1.67. The molecule has 7 nitrogen and oxygen atoms in total. The Bertz CT molecular complexity index is 582. The van der Waals surface area contributed by atoms with Crippen LogP contribution in [0.4, 0.5) is 0 Å². The minimum Gasteiger partial charge on any atom is -0.357 e. The van der Waals surface area contributed by atoms with Crippen molar-refractivity contribution >= 4 is 41.3 Å². The summed E-state index contributed by atoms with van der Waals surface area (Å²) in [5, 5.41) is 11.2.